The molecule has 0 aliphatic heterocycles. The Balaban J connectivity index is 1.13. The number of rotatable bonds is 5. The molecule has 232 valence electrons. The molecular formula is C47H34N2. The molecule has 8 aromatic rings. The summed E-state index contributed by atoms with van der Waals surface area (Å²) >= 11 is 0. The normalized spacial score (nSPS) is 14.6. The third-order valence-corrected chi connectivity index (χ3v) is 9.77. The molecule has 49 heavy (non-hydrogen) atoms. The highest BCUT2D eigenvalue weighted by Crippen LogP contribution is 2.40. The second-order valence-electron chi connectivity index (χ2n) is 13.1. The molecule has 0 bridgehead atoms. The van der Waals surface area contributed by atoms with E-state index < -0.39 is 0 Å². The van der Waals surface area contributed by atoms with Gasteiger partial charge in [-0.2, -0.15) is 0 Å². The van der Waals surface area contributed by atoms with Gasteiger partial charge in [0.15, 0.2) is 5.82 Å². The van der Waals surface area contributed by atoms with Crippen LogP contribution in [0.4, 0.5) is 0 Å². The quantitative estimate of drug-likeness (QED) is 0.178. The highest BCUT2D eigenvalue weighted by Gasteiger charge is 2.18. The van der Waals surface area contributed by atoms with Crippen LogP contribution in [0.5, 0.6) is 0 Å². The van der Waals surface area contributed by atoms with Gasteiger partial charge in [-0.1, -0.05) is 159 Å². The number of aromatic nitrogens is 2. The van der Waals surface area contributed by atoms with E-state index in [1.165, 1.54) is 54.6 Å². The molecule has 7 aromatic carbocycles. The first-order valence-corrected chi connectivity index (χ1v) is 17.0. The van der Waals surface area contributed by atoms with E-state index in [9.17, 15) is 0 Å². The van der Waals surface area contributed by atoms with Crippen LogP contribution in [0.15, 0.2) is 170 Å². The van der Waals surface area contributed by atoms with Crippen LogP contribution < -0.4 is 0 Å². The van der Waals surface area contributed by atoms with Crippen molar-refractivity contribution < 1.29 is 0 Å². The lowest BCUT2D eigenvalue weighted by Gasteiger charge is -2.21. The Morgan fingerprint density at radius 3 is 1.55 bits per heavy atom. The summed E-state index contributed by atoms with van der Waals surface area (Å²) in [7, 11) is 0. The highest BCUT2D eigenvalue weighted by atomic mass is 14.9. The lowest BCUT2D eigenvalue weighted by Crippen LogP contribution is -2.02. The second-order valence-corrected chi connectivity index (χ2v) is 13.1. The summed E-state index contributed by atoms with van der Waals surface area (Å²) in [6.45, 7) is 2.32. The molecule has 1 unspecified atom stereocenters. The maximum atomic E-state index is 5.09. The Hall–Kier alpha value is -6.12. The van der Waals surface area contributed by atoms with Crippen molar-refractivity contribution in [2.75, 3.05) is 0 Å². The van der Waals surface area contributed by atoms with Gasteiger partial charge in [-0.15, -0.1) is 0 Å². The number of fused-ring (bicyclic) bond motifs is 6. The van der Waals surface area contributed by atoms with Crippen molar-refractivity contribution in [1.82, 2.24) is 9.97 Å². The Bertz CT molecular complexity index is 2490. The number of hydrogen-bond donors (Lipinski definition) is 0. The molecular weight excluding hydrogens is 593 g/mol. The van der Waals surface area contributed by atoms with E-state index in [1.807, 2.05) is 12.1 Å². The van der Waals surface area contributed by atoms with Crippen molar-refractivity contribution in [3.63, 3.8) is 0 Å². The minimum atomic E-state index is 0.407. The van der Waals surface area contributed by atoms with Crippen molar-refractivity contribution in [2.24, 2.45) is 5.92 Å². The van der Waals surface area contributed by atoms with Gasteiger partial charge in [-0.3, -0.25) is 0 Å². The average molecular weight is 627 g/mol. The third-order valence-electron chi connectivity index (χ3n) is 9.77. The molecule has 1 aromatic heterocycles. The first kappa shape index (κ1) is 29.1. The van der Waals surface area contributed by atoms with Crippen molar-refractivity contribution in [3.8, 4) is 33.9 Å². The summed E-state index contributed by atoms with van der Waals surface area (Å²) in [6.07, 6.45) is 5.80. The Morgan fingerprint density at radius 1 is 0.429 bits per heavy atom. The first-order chi connectivity index (χ1) is 24.2. The lowest BCUT2D eigenvalue weighted by molar-refractivity contribution is 0.752. The van der Waals surface area contributed by atoms with Gasteiger partial charge in [-0.05, 0) is 85.1 Å². The Morgan fingerprint density at radius 2 is 0.939 bits per heavy atom. The van der Waals surface area contributed by atoms with Gasteiger partial charge in [0.25, 0.3) is 0 Å². The highest BCUT2D eigenvalue weighted by molar-refractivity contribution is 6.25. The summed E-state index contributed by atoms with van der Waals surface area (Å²) in [6, 6.07) is 56.2. The van der Waals surface area contributed by atoms with E-state index in [0.29, 0.717) is 5.92 Å². The fourth-order valence-corrected chi connectivity index (χ4v) is 7.42. The van der Waals surface area contributed by atoms with Crippen molar-refractivity contribution in [3.05, 3.63) is 181 Å². The van der Waals surface area contributed by atoms with Gasteiger partial charge < -0.3 is 0 Å². The van der Waals surface area contributed by atoms with Gasteiger partial charge in [0, 0.05) is 16.7 Å². The summed E-state index contributed by atoms with van der Waals surface area (Å²) in [5.41, 5.74) is 10.1. The molecule has 1 atom stereocenters. The molecule has 0 saturated heterocycles. The predicted octanol–water partition coefficient (Wildman–Crippen LogP) is 12.4. The minimum Gasteiger partial charge on any atom is -0.228 e. The van der Waals surface area contributed by atoms with Crippen LogP contribution in [0.25, 0.3) is 77.4 Å². The zero-order valence-electron chi connectivity index (χ0n) is 27.3. The number of allylic oxidation sites excluding steroid dienone is 4. The molecule has 0 N–H and O–H groups in total. The molecule has 1 aliphatic rings. The molecule has 1 heterocycles. The molecule has 9 rings (SSSR count). The van der Waals surface area contributed by atoms with E-state index in [0.717, 1.165) is 40.3 Å². The predicted molar refractivity (Wildman–Crippen MR) is 207 cm³/mol. The van der Waals surface area contributed by atoms with Crippen LogP contribution in [0.2, 0.25) is 0 Å². The van der Waals surface area contributed by atoms with Crippen LogP contribution in [-0.4, -0.2) is 9.97 Å². The average Bonchev–Trinajstić information content (AvgIpc) is 3.18. The van der Waals surface area contributed by atoms with E-state index in [1.54, 1.807) is 0 Å². The Labute approximate surface area is 286 Å². The van der Waals surface area contributed by atoms with Gasteiger partial charge in [0.2, 0.25) is 0 Å². The molecule has 2 heteroatoms. The smallest absolute Gasteiger partial charge is 0.160 e. The van der Waals surface area contributed by atoms with Crippen molar-refractivity contribution >= 4 is 43.5 Å². The van der Waals surface area contributed by atoms with Gasteiger partial charge >= 0.3 is 0 Å². The summed E-state index contributed by atoms with van der Waals surface area (Å²) in [5, 5.41) is 7.84. The summed E-state index contributed by atoms with van der Waals surface area (Å²) < 4.78 is 0. The molecule has 0 saturated carbocycles. The lowest BCUT2D eigenvalue weighted by atomic mass is 9.84. The largest absolute Gasteiger partial charge is 0.228 e. The Kier molecular flexibility index (Phi) is 7.21. The molecule has 0 spiro atoms. The molecule has 1 aliphatic carbocycles. The monoisotopic (exact) mass is 626 g/mol. The fourth-order valence-electron chi connectivity index (χ4n) is 7.42. The van der Waals surface area contributed by atoms with E-state index in [2.05, 4.69) is 165 Å². The SMILES string of the molecule is CC1C=C(c2cccc(-c3nc(-c4ccccc4)cc(-c4ccccc4)n3)c2)C=C(c2ccc3c4ccccc4c4ccccc4c3c2)C1. The topological polar surface area (TPSA) is 25.8 Å². The van der Waals surface area contributed by atoms with Crippen LogP contribution >= 0.6 is 0 Å². The van der Waals surface area contributed by atoms with Crippen LogP contribution in [0.3, 0.4) is 0 Å². The maximum absolute atomic E-state index is 5.09. The van der Waals surface area contributed by atoms with E-state index in [-0.39, 0.29) is 0 Å². The molecule has 0 radical (unpaired) electrons. The van der Waals surface area contributed by atoms with Crippen molar-refractivity contribution in [2.45, 2.75) is 13.3 Å². The van der Waals surface area contributed by atoms with E-state index in [4.69, 9.17) is 9.97 Å². The van der Waals surface area contributed by atoms with Crippen molar-refractivity contribution in [1.29, 1.82) is 0 Å². The fraction of sp³-hybridized carbons (Fsp3) is 0.0638. The third kappa shape index (κ3) is 5.42. The number of nitrogens with zero attached hydrogens (tertiary/aromatic N) is 2. The zero-order chi connectivity index (χ0) is 32.7. The van der Waals surface area contributed by atoms with Crippen LogP contribution in [-0.2, 0) is 0 Å². The molecule has 2 nitrogen and oxygen atoms in total. The number of benzene rings is 7. The van der Waals surface area contributed by atoms with Crippen LogP contribution in [0.1, 0.15) is 24.5 Å². The summed E-state index contributed by atoms with van der Waals surface area (Å²) in [4.78, 5) is 10.2. The zero-order valence-corrected chi connectivity index (χ0v) is 27.3. The molecule has 0 amide bonds. The number of hydrogen-bond acceptors (Lipinski definition) is 2. The van der Waals surface area contributed by atoms with Gasteiger partial charge in [0.1, 0.15) is 0 Å². The van der Waals surface area contributed by atoms with E-state index >= 15 is 0 Å². The maximum Gasteiger partial charge on any atom is 0.160 e. The van der Waals surface area contributed by atoms with Gasteiger partial charge in [-0.25, -0.2) is 9.97 Å². The standard InChI is InChI=1S/C47H34N2/c1-31-25-37(28-38(26-31)35-23-24-43-41-21-9-8-19-39(41)40-20-10-11-22-42(40)44(43)29-35)34-17-12-18-36(27-34)47-48-45(32-13-4-2-5-14-32)30-46(49-47)33-15-6-3-7-16-33/h2-25,27-31H,26H2,1H3. The van der Waals surface area contributed by atoms with Gasteiger partial charge in [0.05, 0.1) is 11.4 Å². The van der Waals surface area contributed by atoms with Crippen LogP contribution in [0, 0.1) is 5.92 Å². The first-order valence-electron chi connectivity index (χ1n) is 17.0. The summed E-state index contributed by atoms with van der Waals surface area (Å²) in [5.74, 6) is 1.13. The second kappa shape index (κ2) is 12.2. The molecule has 0 fully saturated rings. The minimum absolute atomic E-state index is 0.407.